The maximum atomic E-state index is 2.43. The van der Waals surface area contributed by atoms with Crippen molar-refractivity contribution in [2.24, 2.45) is 0 Å². The molecule has 0 saturated carbocycles. The Morgan fingerprint density at radius 2 is 1.35 bits per heavy atom. The van der Waals surface area contributed by atoms with E-state index in [1.54, 1.807) is 0 Å². The predicted octanol–water partition coefficient (Wildman–Crippen LogP) is -3.54. The van der Waals surface area contributed by atoms with Crippen LogP contribution in [0, 0.1) is 13.8 Å². The topological polar surface area (TPSA) is 0 Å². The summed E-state index contributed by atoms with van der Waals surface area (Å²) < 4.78 is 0. The molecule has 0 radical (unpaired) electrons. The highest BCUT2D eigenvalue weighted by molar-refractivity contribution is 6.68. The number of rotatable bonds is 1. The third kappa shape index (κ3) is 2.20. The van der Waals surface area contributed by atoms with Gasteiger partial charge in [-0.2, -0.15) is 0 Å². The lowest BCUT2D eigenvalue weighted by Gasteiger charge is -2.21. The molecule has 0 spiro atoms. The summed E-state index contributed by atoms with van der Waals surface area (Å²) in [6, 6.07) is 4.80. The van der Waals surface area contributed by atoms with Gasteiger partial charge < -0.3 is 0 Å². The lowest BCUT2D eigenvalue weighted by Crippen LogP contribution is -2.49. The minimum atomic E-state index is 1.10. The molecule has 3 aromatic carbocycles. The Hall–Kier alpha value is -1.50. The lowest BCUT2D eigenvalue weighted by molar-refractivity contribution is 1.12. The van der Waals surface area contributed by atoms with E-state index in [0.717, 1.165) is 6.42 Å². The highest BCUT2D eigenvalue weighted by Crippen LogP contribution is 2.27. The van der Waals surface area contributed by atoms with E-state index in [1.165, 1.54) is 65.5 Å². The molecular formula is C18H23B5. The van der Waals surface area contributed by atoms with Gasteiger partial charge in [-0.05, 0) is 64.6 Å². The van der Waals surface area contributed by atoms with Crippen LogP contribution in [0.3, 0.4) is 0 Å². The van der Waals surface area contributed by atoms with Crippen LogP contribution in [0.4, 0.5) is 0 Å². The zero-order chi connectivity index (χ0) is 17.0. The van der Waals surface area contributed by atoms with E-state index in [9.17, 15) is 0 Å². The second-order valence-corrected chi connectivity index (χ2v) is 7.17. The molecule has 0 aromatic heterocycles. The number of benzene rings is 3. The summed E-state index contributed by atoms with van der Waals surface area (Å²) in [6.07, 6.45) is 1.10. The van der Waals surface area contributed by atoms with Crippen molar-refractivity contribution in [3.8, 4) is 0 Å². The van der Waals surface area contributed by atoms with Crippen LogP contribution in [-0.2, 0) is 6.42 Å². The van der Waals surface area contributed by atoms with Crippen LogP contribution in [0.15, 0.2) is 12.1 Å². The monoisotopic (exact) mass is 294 g/mol. The van der Waals surface area contributed by atoms with Gasteiger partial charge in [-0.15, -0.1) is 10.9 Å². The van der Waals surface area contributed by atoms with Crippen molar-refractivity contribution in [1.82, 2.24) is 0 Å². The van der Waals surface area contributed by atoms with Gasteiger partial charge in [0, 0.05) is 0 Å². The SMILES string of the molecule is Bc1c(B)c(B)c2c(B)c3c(CC)c(C)c(C)cc3cc2c1B. The third-order valence-electron chi connectivity index (χ3n) is 6.15. The molecule has 0 atom stereocenters. The number of aryl methyl sites for hydroxylation is 2. The molecule has 110 valence electrons. The normalized spacial score (nSPS) is 11.4. The zero-order valence-electron chi connectivity index (χ0n) is 15.9. The van der Waals surface area contributed by atoms with Crippen molar-refractivity contribution in [3.63, 3.8) is 0 Å². The average molecular weight is 293 g/mol. The Morgan fingerprint density at radius 1 is 0.739 bits per heavy atom. The van der Waals surface area contributed by atoms with Crippen molar-refractivity contribution in [2.75, 3.05) is 0 Å². The van der Waals surface area contributed by atoms with E-state index in [0.29, 0.717) is 0 Å². The largest absolute Gasteiger partial charge is 0.140 e. The van der Waals surface area contributed by atoms with Crippen LogP contribution < -0.4 is 27.3 Å². The number of fused-ring (bicyclic) bond motifs is 2. The van der Waals surface area contributed by atoms with Crippen LogP contribution in [0.5, 0.6) is 0 Å². The van der Waals surface area contributed by atoms with Gasteiger partial charge in [0.1, 0.15) is 39.2 Å². The summed E-state index contributed by atoms with van der Waals surface area (Å²) in [7, 11) is 11.4. The first kappa shape index (κ1) is 16.4. The van der Waals surface area contributed by atoms with Gasteiger partial charge in [-0.25, -0.2) is 0 Å². The minimum Gasteiger partial charge on any atom is -0.101 e. The maximum absolute atomic E-state index is 2.43. The predicted molar refractivity (Wildman–Crippen MR) is 121 cm³/mol. The summed E-state index contributed by atoms with van der Waals surface area (Å²) in [5, 5.41) is 5.78. The molecule has 0 bridgehead atoms. The van der Waals surface area contributed by atoms with Crippen LogP contribution >= 0.6 is 0 Å². The lowest BCUT2D eigenvalue weighted by atomic mass is 9.62. The highest BCUT2D eigenvalue weighted by atomic mass is 14.2. The second-order valence-electron chi connectivity index (χ2n) is 7.17. The first-order chi connectivity index (χ1) is 10.8. The summed E-state index contributed by atoms with van der Waals surface area (Å²) in [4.78, 5) is 0. The maximum Gasteiger partial charge on any atom is 0.140 e. The second kappa shape index (κ2) is 5.55. The smallest absolute Gasteiger partial charge is 0.101 e. The van der Waals surface area contributed by atoms with Crippen molar-refractivity contribution < 1.29 is 0 Å². The van der Waals surface area contributed by atoms with Gasteiger partial charge in [0.15, 0.2) is 0 Å². The molecule has 0 heterocycles. The fourth-order valence-electron chi connectivity index (χ4n) is 4.30. The Kier molecular flexibility index (Phi) is 3.95. The molecule has 0 nitrogen and oxygen atoms in total. The average Bonchev–Trinajstić information content (AvgIpc) is 2.52. The Balaban J connectivity index is 2.67. The van der Waals surface area contributed by atoms with E-state index < -0.39 is 0 Å². The van der Waals surface area contributed by atoms with E-state index in [2.05, 4.69) is 72.1 Å². The van der Waals surface area contributed by atoms with Crippen molar-refractivity contribution >= 4 is 88.1 Å². The van der Waals surface area contributed by atoms with Crippen molar-refractivity contribution in [2.45, 2.75) is 27.2 Å². The first-order valence-electron chi connectivity index (χ1n) is 8.72. The standard InChI is InChI=1S/C18H23B5/c1-4-10-8(3)7(2)5-9-6-11-13(15(20)12(9)10)16(21)18(23)17(22)14(11)19/h5-6H,4,19-23H2,1-3H3. The molecular weight excluding hydrogens is 270 g/mol. The quantitative estimate of drug-likeness (QED) is 0.322. The third-order valence-corrected chi connectivity index (χ3v) is 6.15. The molecule has 0 unspecified atom stereocenters. The van der Waals surface area contributed by atoms with Gasteiger partial charge in [-0.3, -0.25) is 0 Å². The molecule has 0 aliphatic carbocycles. The summed E-state index contributed by atoms with van der Waals surface area (Å²) in [5.74, 6) is 0. The van der Waals surface area contributed by atoms with Crippen LogP contribution in [-0.4, -0.2) is 39.2 Å². The van der Waals surface area contributed by atoms with E-state index >= 15 is 0 Å². The van der Waals surface area contributed by atoms with E-state index in [4.69, 9.17) is 0 Å². The fourth-order valence-corrected chi connectivity index (χ4v) is 4.30. The van der Waals surface area contributed by atoms with Gasteiger partial charge in [-0.1, -0.05) is 29.4 Å². The molecule has 0 N–H and O–H groups in total. The molecule has 0 fully saturated rings. The zero-order valence-corrected chi connectivity index (χ0v) is 15.9. The highest BCUT2D eigenvalue weighted by Gasteiger charge is 2.15. The number of hydrogen-bond donors (Lipinski definition) is 0. The Morgan fingerprint density at radius 3 is 1.96 bits per heavy atom. The minimum absolute atomic E-state index is 1.10. The Bertz CT molecular complexity index is 973. The molecule has 23 heavy (non-hydrogen) atoms. The van der Waals surface area contributed by atoms with Crippen molar-refractivity contribution in [3.05, 3.63) is 28.8 Å². The van der Waals surface area contributed by atoms with E-state index in [1.807, 2.05) is 0 Å². The van der Waals surface area contributed by atoms with Gasteiger partial charge in [0.05, 0.1) is 0 Å². The number of hydrogen-bond acceptors (Lipinski definition) is 0. The van der Waals surface area contributed by atoms with Crippen LogP contribution in [0.2, 0.25) is 0 Å². The molecule has 0 aliphatic rings. The van der Waals surface area contributed by atoms with E-state index in [-0.39, 0.29) is 0 Å². The molecule has 0 saturated heterocycles. The van der Waals surface area contributed by atoms with Crippen molar-refractivity contribution in [1.29, 1.82) is 0 Å². The first-order valence-corrected chi connectivity index (χ1v) is 8.72. The Labute approximate surface area is 144 Å². The summed E-state index contributed by atoms with van der Waals surface area (Å²) >= 11 is 0. The fraction of sp³-hybridized carbons (Fsp3) is 0.222. The molecule has 0 aliphatic heterocycles. The molecule has 3 aromatic rings. The van der Waals surface area contributed by atoms with Crippen LogP contribution in [0.1, 0.15) is 23.6 Å². The summed E-state index contributed by atoms with van der Waals surface area (Å²) in [6.45, 7) is 6.80. The van der Waals surface area contributed by atoms with Crippen LogP contribution in [0.25, 0.3) is 21.5 Å². The van der Waals surface area contributed by atoms with Gasteiger partial charge in [0.25, 0.3) is 0 Å². The molecule has 5 heteroatoms. The van der Waals surface area contributed by atoms with Gasteiger partial charge >= 0.3 is 0 Å². The molecule has 0 amide bonds. The summed E-state index contributed by atoms with van der Waals surface area (Å²) in [5.41, 5.74) is 11.6. The molecule has 3 rings (SSSR count). The van der Waals surface area contributed by atoms with Gasteiger partial charge in [0.2, 0.25) is 0 Å².